The van der Waals surface area contributed by atoms with Crippen molar-refractivity contribution in [2.75, 3.05) is 5.32 Å². The number of para-hydroxylation sites is 2. The molecule has 2 heterocycles. The summed E-state index contributed by atoms with van der Waals surface area (Å²) in [7, 11) is 0. The summed E-state index contributed by atoms with van der Waals surface area (Å²) in [5, 5.41) is 3.67. The summed E-state index contributed by atoms with van der Waals surface area (Å²) in [6, 6.07) is 14.2. The van der Waals surface area contributed by atoms with Crippen LogP contribution in [0.25, 0.3) is 33.2 Å². The van der Waals surface area contributed by atoms with Crippen LogP contribution in [0, 0.1) is 6.92 Å². The Labute approximate surface area is 171 Å². The van der Waals surface area contributed by atoms with Gasteiger partial charge in [0.1, 0.15) is 0 Å². The standard InChI is InChI=1S/C22H18N4O4/c1-12-19-20(16-9-5-7-11-18(16)26(22(19)29)30-14(3)28)25-21(23-12)15-8-4-6-10-17(15)24-13(2)27/h4-11H,1-3H3,(H,24,27). The van der Waals surface area contributed by atoms with E-state index in [2.05, 4.69) is 15.3 Å². The highest BCUT2D eigenvalue weighted by Gasteiger charge is 2.19. The molecule has 0 saturated heterocycles. The number of hydrogen-bond acceptors (Lipinski definition) is 6. The van der Waals surface area contributed by atoms with E-state index in [-0.39, 0.29) is 11.3 Å². The molecule has 8 heteroatoms. The fourth-order valence-corrected chi connectivity index (χ4v) is 3.40. The van der Waals surface area contributed by atoms with Crippen LogP contribution < -0.4 is 15.7 Å². The first-order valence-corrected chi connectivity index (χ1v) is 9.25. The van der Waals surface area contributed by atoms with Crippen molar-refractivity contribution >= 4 is 39.4 Å². The van der Waals surface area contributed by atoms with E-state index in [1.807, 2.05) is 12.1 Å². The van der Waals surface area contributed by atoms with E-state index in [4.69, 9.17) is 4.84 Å². The zero-order valence-electron chi connectivity index (χ0n) is 16.6. The van der Waals surface area contributed by atoms with Gasteiger partial charge in [0, 0.05) is 24.8 Å². The average Bonchev–Trinajstić information content (AvgIpc) is 2.70. The quantitative estimate of drug-likeness (QED) is 0.529. The van der Waals surface area contributed by atoms with Crippen LogP contribution in [0.3, 0.4) is 0 Å². The van der Waals surface area contributed by atoms with Crippen molar-refractivity contribution in [3.63, 3.8) is 0 Å². The average molecular weight is 402 g/mol. The first-order chi connectivity index (χ1) is 14.4. The third-order valence-electron chi connectivity index (χ3n) is 4.56. The van der Waals surface area contributed by atoms with E-state index in [1.165, 1.54) is 13.8 Å². The van der Waals surface area contributed by atoms with E-state index in [0.717, 1.165) is 4.73 Å². The summed E-state index contributed by atoms with van der Waals surface area (Å²) in [4.78, 5) is 50.6. The molecule has 0 bridgehead atoms. The molecule has 150 valence electrons. The molecule has 2 aromatic carbocycles. The Bertz CT molecular complexity index is 1390. The molecule has 0 aliphatic rings. The number of nitrogens with zero attached hydrogens (tertiary/aromatic N) is 3. The number of aryl methyl sites for hydroxylation is 1. The predicted molar refractivity (Wildman–Crippen MR) is 113 cm³/mol. The van der Waals surface area contributed by atoms with Crippen LogP contribution in [0.2, 0.25) is 0 Å². The van der Waals surface area contributed by atoms with Crippen molar-refractivity contribution in [2.24, 2.45) is 0 Å². The van der Waals surface area contributed by atoms with Crippen molar-refractivity contribution in [3.05, 3.63) is 64.6 Å². The van der Waals surface area contributed by atoms with Crippen molar-refractivity contribution in [1.82, 2.24) is 14.7 Å². The van der Waals surface area contributed by atoms with Crippen LogP contribution >= 0.6 is 0 Å². The summed E-state index contributed by atoms with van der Waals surface area (Å²) < 4.78 is 0.973. The molecule has 0 fully saturated rings. The Morgan fingerprint density at radius 3 is 2.43 bits per heavy atom. The van der Waals surface area contributed by atoms with Gasteiger partial charge < -0.3 is 10.2 Å². The highest BCUT2D eigenvalue weighted by Crippen LogP contribution is 2.29. The minimum Gasteiger partial charge on any atom is -0.333 e. The summed E-state index contributed by atoms with van der Waals surface area (Å²) in [6.45, 7) is 4.36. The first kappa shape index (κ1) is 19.3. The van der Waals surface area contributed by atoms with Gasteiger partial charge in [-0.15, -0.1) is 4.73 Å². The molecular formula is C22H18N4O4. The van der Waals surface area contributed by atoms with E-state index in [0.29, 0.717) is 39.2 Å². The number of pyridine rings is 1. The zero-order valence-corrected chi connectivity index (χ0v) is 16.6. The summed E-state index contributed by atoms with van der Waals surface area (Å²) >= 11 is 0. The van der Waals surface area contributed by atoms with Gasteiger partial charge in [-0.05, 0) is 25.1 Å². The Hall–Kier alpha value is -4.07. The van der Waals surface area contributed by atoms with Crippen LogP contribution in [0.15, 0.2) is 53.3 Å². The van der Waals surface area contributed by atoms with E-state index in [9.17, 15) is 14.4 Å². The number of fused-ring (bicyclic) bond motifs is 3. The van der Waals surface area contributed by atoms with Crippen LogP contribution in [0.5, 0.6) is 0 Å². The van der Waals surface area contributed by atoms with Gasteiger partial charge in [0.05, 0.1) is 27.8 Å². The predicted octanol–water partition coefficient (Wildman–Crippen LogP) is 2.85. The van der Waals surface area contributed by atoms with Gasteiger partial charge in [-0.1, -0.05) is 30.3 Å². The molecule has 4 aromatic rings. The molecular weight excluding hydrogens is 384 g/mol. The molecule has 0 radical (unpaired) electrons. The lowest BCUT2D eigenvalue weighted by Crippen LogP contribution is -2.30. The lowest BCUT2D eigenvalue weighted by molar-refractivity contribution is -0.141. The van der Waals surface area contributed by atoms with Gasteiger partial charge in [-0.2, -0.15) is 0 Å². The molecule has 30 heavy (non-hydrogen) atoms. The molecule has 0 saturated carbocycles. The third-order valence-corrected chi connectivity index (χ3v) is 4.56. The van der Waals surface area contributed by atoms with E-state index < -0.39 is 11.5 Å². The fourth-order valence-electron chi connectivity index (χ4n) is 3.40. The van der Waals surface area contributed by atoms with Crippen LogP contribution in [0.1, 0.15) is 19.5 Å². The minimum absolute atomic E-state index is 0.213. The van der Waals surface area contributed by atoms with E-state index in [1.54, 1.807) is 43.3 Å². The first-order valence-electron chi connectivity index (χ1n) is 9.25. The molecule has 2 aromatic heterocycles. The van der Waals surface area contributed by atoms with Gasteiger partial charge >= 0.3 is 5.97 Å². The topological polar surface area (TPSA) is 103 Å². The van der Waals surface area contributed by atoms with Gasteiger partial charge in [0.25, 0.3) is 5.56 Å². The number of aromatic nitrogens is 3. The largest absolute Gasteiger partial charge is 0.333 e. The molecule has 0 spiro atoms. The third kappa shape index (κ3) is 3.28. The highest BCUT2D eigenvalue weighted by atomic mass is 16.7. The second-order valence-corrected chi connectivity index (χ2v) is 6.78. The number of anilines is 1. The van der Waals surface area contributed by atoms with Crippen molar-refractivity contribution in [3.8, 4) is 11.4 Å². The smallest absolute Gasteiger partial charge is 0.330 e. The van der Waals surface area contributed by atoms with Crippen molar-refractivity contribution in [2.45, 2.75) is 20.8 Å². The summed E-state index contributed by atoms with van der Waals surface area (Å²) in [6.07, 6.45) is 0. The Morgan fingerprint density at radius 1 is 1.00 bits per heavy atom. The Morgan fingerprint density at radius 2 is 1.70 bits per heavy atom. The SMILES string of the molecule is CC(=O)Nc1ccccc1-c1nc(C)c2c(=O)n(OC(C)=O)c3ccccc3c2n1. The lowest BCUT2D eigenvalue weighted by atomic mass is 10.1. The Kier molecular flexibility index (Phi) is 4.75. The summed E-state index contributed by atoms with van der Waals surface area (Å²) in [5.74, 6) is -0.449. The maximum atomic E-state index is 13.1. The molecule has 8 nitrogen and oxygen atoms in total. The maximum absolute atomic E-state index is 13.1. The zero-order chi connectivity index (χ0) is 21.4. The second kappa shape index (κ2) is 7.40. The minimum atomic E-state index is -0.610. The molecule has 0 aliphatic heterocycles. The lowest BCUT2D eigenvalue weighted by Gasteiger charge is -2.14. The molecule has 0 unspecified atom stereocenters. The molecule has 0 aliphatic carbocycles. The Balaban J connectivity index is 2.08. The molecule has 0 atom stereocenters. The maximum Gasteiger partial charge on any atom is 0.330 e. The van der Waals surface area contributed by atoms with Gasteiger partial charge in [-0.25, -0.2) is 14.8 Å². The van der Waals surface area contributed by atoms with Crippen molar-refractivity contribution < 1.29 is 14.4 Å². The van der Waals surface area contributed by atoms with Gasteiger partial charge in [0.15, 0.2) is 5.82 Å². The second-order valence-electron chi connectivity index (χ2n) is 6.78. The fraction of sp³-hybridized carbons (Fsp3) is 0.136. The number of carbonyl (C=O) groups excluding carboxylic acids is 2. The number of rotatable bonds is 3. The van der Waals surface area contributed by atoms with Crippen LogP contribution in [0.4, 0.5) is 5.69 Å². The van der Waals surface area contributed by atoms with E-state index >= 15 is 0 Å². The normalized spacial score (nSPS) is 10.9. The number of amides is 1. The monoisotopic (exact) mass is 402 g/mol. The molecule has 1 N–H and O–H groups in total. The van der Waals surface area contributed by atoms with Gasteiger partial charge in [-0.3, -0.25) is 9.59 Å². The van der Waals surface area contributed by atoms with Crippen LogP contribution in [-0.2, 0) is 9.59 Å². The number of hydrogen-bond donors (Lipinski definition) is 1. The molecule has 4 rings (SSSR count). The van der Waals surface area contributed by atoms with Gasteiger partial charge in [0.2, 0.25) is 5.91 Å². The number of benzene rings is 2. The number of nitrogens with one attached hydrogen (secondary N) is 1. The molecule has 1 amide bonds. The summed E-state index contributed by atoms with van der Waals surface area (Å²) in [5.41, 5.74) is 1.98. The highest BCUT2D eigenvalue weighted by molar-refractivity contribution is 6.04. The number of carbonyl (C=O) groups is 2. The van der Waals surface area contributed by atoms with Crippen LogP contribution in [-0.4, -0.2) is 26.6 Å². The van der Waals surface area contributed by atoms with Crippen molar-refractivity contribution in [1.29, 1.82) is 0 Å².